The van der Waals surface area contributed by atoms with Gasteiger partial charge in [-0.25, -0.2) is 4.98 Å². The van der Waals surface area contributed by atoms with Crippen LogP contribution < -0.4 is 5.56 Å². The highest BCUT2D eigenvalue weighted by Gasteiger charge is 2.07. The summed E-state index contributed by atoms with van der Waals surface area (Å²) in [6.07, 6.45) is 2.36. The number of aryl methyl sites for hydroxylation is 2. The summed E-state index contributed by atoms with van der Waals surface area (Å²) in [6.45, 7) is 4.08. The van der Waals surface area contributed by atoms with Crippen molar-refractivity contribution in [2.24, 2.45) is 0 Å². The zero-order valence-corrected chi connectivity index (χ0v) is 10.9. The Hall–Kier alpha value is -2.36. The van der Waals surface area contributed by atoms with E-state index < -0.39 is 0 Å². The van der Waals surface area contributed by atoms with E-state index in [1.807, 2.05) is 44.3 Å². The third-order valence-corrected chi connectivity index (χ3v) is 3.40. The second kappa shape index (κ2) is 4.39. The van der Waals surface area contributed by atoms with Gasteiger partial charge in [-0.2, -0.15) is 0 Å². The van der Waals surface area contributed by atoms with Gasteiger partial charge in [0.2, 0.25) is 0 Å². The van der Waals surface area contributed by atoms with E-state index in [1.54, 1.807) is 0 Å². The standard InChI is InChI=1S/C15H15N3O/c1-9-6-12-13(7-10(9)2)18-15(19)14(17-12)8-11-4-3-5-16-11/h3-7,16H,8H2,1-2H3,(H,18,19). The van der Waals surface area contributed by atoms with Crippen molar-refractivity contribution in [2.45, 2.75) is 20.3 Å². The SMILES string of the molecule is Cc1cc2nc(Cc3ccc[nH]3)c(=O)[nH]c2cc1C. The summed E-state index contributed by atoms with van der Waals surface area (Å²) >= 11 is 0. The van der Waals surface area contributed by atoms with Crippen molar-refractivity contribution in [1.82, 2.24) is 15.0 Å². The molecule has 3 aromatic rings. The summed E-state index contributed by atoms with van der Waals surface area (Å²) in [4.78, 5) is 22.5. The Labute approximate surface area is 110 Å². The predicted octanol–water partition coefficient (Wildman–Crippen LogP) is 2.46. The average Bonchev–Trinajstić information content (AvgIpc) is 2.86. The van der Waals surface area contributed by atoms with Crippen LogP contribution in [0.25, 0.3) is 11.0 Å². The molecule has 2 aromatic heterocycles. The van der Waals surface area contributed by atoms with Crippen LogP contribution in [-0.4, -0.2) is 15.0 Å². The Kier molecular flexibility index (Phi) is 2.71. The van der Waals surface area contributed by atoms with E-state index in [0.29, 0.717) is 12.1 Å². The van der Waals surface area contributed by atoms with Crippen LogP contribution in [0.2, 0.25) is 0 Å². The molecule has 0 saturated heterocycles. The van der Waals surface area contributed by atoms with Crippen molar-refractivity contribution < 1.29 is 0 Å². The summed E-state index contributed by atoms with van der Waals surface area (Å²) in [7, 11) is 0. The van der Waals surface area contributed by atoms with Gasteiger partial charge in [-0.3, -0.25) is 4.79 Å². The number of hydrogen-bond acceptors (Lipinski definition) is 2. The van der Waals surface area contributed by atoms with E-state index in [-0.39, 0.29) is 5.56 Å². The summed E-state index contributed by atoms with van der Waals surface area (Å²) in [5.74, 6) is 0. The fourth-order valence-electron chi connectivity index (χ4n) is 2.16. The van der Waals surface area contributed by atoms with E-state index in [2.05, 4.69) is 15.0 Å². The van der Waals surface area contributed by atoms with Gasteiger partial charge in [0.25, 0.3) is 5.56 Å². The molecule has 1 aromatic carbocycles. The molecular formula is C15H15N3O. The third-order valence-electron chi connectivity index (χ3n) is 3.40. The molecule has 0 aliphatic carbocycles. The Bertz CT molecular complexity index is 785. The van der Waals surface area contributed by atoms with Gasteiger partial charge in [0.1, 0.15) is 5.69 Å². The second-order valence-electron chi connectivity index (χ2n) is 4.84. The maximum Gasteiger partial charge on any atom is 0.270 e. The van der Waals surface area contributed by atoms with Crippen molar-refractivity contribution in [3.05, 3.63) is 63.3 Å². The lowest BCUT2D eigenvalue weighted by molar-refractivity contribution is 0.995. The lowest BCUT2D eigenvalue weighted by Gasteiger charge is -2.05. The molecule has 0 amide bonds. The summed E-state index contributed by atoms with van der Waals surface area (Å²) in [5, 5.41) is 0. The molecule has 2 heterocycles. The van der Waals surface area contributed by atoms with Crippen LogP contribution in [0, 0.1) is 13.8 Å². The number of nitrogens with zero attached hydrogens (tertiary/aromatic N) is 1. The monoisotopic (exact) mass is 253 g/mol. The van der Waals surface area contributed by atoms with Crippen molar-refractivity contribution in [1.29, 1.82) is 0 Å². The molecule has 0 bridgehead atoms. The molecule has 0 spiro atoms. The molecule has 3 rings (SSSR count). The maximum atomic E-state index is 12.0. The summed E-state index contributed by atoms with van der Waals surface area (Å²) in [5.41, 5.74) is 5.37. The van der Waals surface area contributed by atoms with Crippen molar-refractivity contribution >= 4 is 11.0 Å². The minimum Gasteiger partial charge on any atom is -0.365 e. The molecule has 96 valence electrons. The number of benzene rings is 1. The highest BCUT2D eigenvalue weighted by molar-refractivity contribution is 5.76. The predicted molar refractivity (Wildman–Crippen MR) is 75.4 cm³/mol. The Balaban J connectivity index is 2.13. The maximum absolute atomic E-state index is 12.0. The minimum absolute atomic E-state index is 0.120. The normalized spacial score (nSPS) is 11.1. The second-order valence-corrected chi connectivity index (χ2v) is 4.84. The van der Waals surface area contributed by atoms with Gasteiger partial charge in [0.15, 0.2) is 0 Å². The first-order valence-corrected chi connectivity index (χ1v) is 6.26. The van der Waals surface area contributed by atoms with Gasteiger partial charge in [-0.15, -0.1) is 0 Å². The Morgan fingerprint density at radius 3 is 2.74 bits per heavy atom. The quantitative estimate of drug-likeness (QED) is 0.737. The minimum atomic E-state index is -0.120. The molecule has 4 nitrogen and oxygen atoms in total. The average molecular weight is 253 g/mol. The van der Waals surface area contributed by atoms with Crippen LogP contribution in [0.4, 0.5) is 0 Å². The third kappa shape index (κ3) is 2.17. The van der Waals surface area contributed by atoms with E-state index in [4.69, 9.17) is 0 Å². The molecule has 0 atom stereocenters. The number of aromatic amines is 2. The number of rotatable bonds is 2. The Morgan fingerprint density at radius 2 is 2.00 bits per heavy atom. The zero-order chi connectivity index (χ0) is 13.4. The van der Waals surface area contributed by atoms with Gasteiger partial charge in [-0.1, -0.05) is 0 Å². The number of nitrogens with one attached hydrogen (secondary N) is 2. The fraction of sp³-hybridized carbons (Fsp3) is 0.200. The van der Waals surface area contributed by atoms with E-state index in [9.17, 15) is 4.79 Å². The van der Waals surface area contributed by atoms with Crippen molar-refractivity contribution in [3.8, 4) is 0 Å². The molecule has 0 fully saturated rings. The van der Waals surface area contributed by atoms with E-state index in [0.717, 1.165) is 22.3 Å². The van der Waals surface area contributed by atoms with Crippen LogP contribution in [0.5, 0.6) is 0 Å². The number of fused-ring (bicyclic) bond motifs is 1. The van der Waals surface area contributed by atoms with Gasteiger partial charge in [0, 0.05) is 18.3 Å². The molecule has 0 saturated carbocycles. The van der Waals surface area contributed by atoms with Gasteiger partial charge in [0.05, 0.1) is 11.0 Å². The van der Waals surface area contributed by atoms with Crippen LogP contribution in [0.15, 0.2) is 35.3 Å². The van der Waals surface area contributed by atoms with Crippen LogP contribution in [-0.2, 0) is 6.42 Å². The fourth-order valence-corrected chi connectivity index (χ4v) is 2.16. The van der Waals surface area contributed by atoms with E-state index >= 15 is 0 Å². The van der Waals surface area contributed by atoms with Crippen LogP contribution in [0.1, 0.15) is 22.5 Å². The first-order valence-electron chi connectivity index (χ1n) is 6.26. The van der Waals surface area contributed by atoms with Gasteiger partial charge >= 0.3 is 0 Å². The number of hydrogen-bond donors (Lipinski definition) is 2. The number of aromatic nitrogens is 3. The Morgan fingerprint density at radius 1 is 1.21 bits per heavy atom. The summed E-state index contributed by atoms with van der Waals surface area (Å²) in [6, 6.07) is 7.85. The highest BCUT2D eigenvalue weighted by atomic mass is 16.1. The molecule has 0 aliphatic rings. The largest absolute Gasteiger partial charge is 0.365 e. The number of H-pyrrole nitrogens is 2. The summed E-state index contributed by atoms with van der Waals surface area (Å²) < 4.78 is 0. The molecule has 19 heavy (non-hydrogen) atoms. The highest BCUT2D eigenvalue weighted by Crippen LogP contribution is 2.15. The van der Waals surface area contributed by atoms with Crippen LogP contribution >= 0.6 is 0 Å². The molecule has 0 unspecified atom stereocenters. The molecule has 2 N–H and O–H groups in total. The molecule has 4 heteroatoms. The smallest absolute Gasteiger partial charge is 0.270 e. The van der Waals surface area contributed by atoms with E-state index in [1.165, 1.54) is 5.56 Å². The van der Waals surface area contributed by atoms with Crippen LogP contribution in [0.3, 0.4) is 0 Å². The first kappa shape index (κ1) is 11.7. The lowest BCUT2D eigenvalue weighted by atomic mass is 10.1. The first-order chi connectivity index (χ1) is 9.13. The van der Waals surface area contributed by atoms with Crippen molar-refractivity contribution in [3.63, 3.8) is 0 Å². The molecule has 0 aliphatic heterocycles. The molecular weight excluding hydrogens is 238 g/mol. The lowest BCUT2D eigenvalue weighted by Crippen LogP contribution is -2.15. The molecule has 0 radical (unpaired) electrons. The zero-order valence-electron chi connectivity index (χ0n) is 10.9. The van der Waals surface area contributed by atoms with Crippen molar-refractivity contribution in [2.75, 3.05) is 0 Å². The van der Waals surface area contributed by atoms with Gasteiger partial charge < -0.3 is 9.97 Å². The van der Waals surface area contributed by atoms with Gasteiger partial charge in [-0.05, 0) is 49.2 Å². The topological polar surface area (TPSA) is 61.5 Å².